The number of ether oxygens (including phenoxy) is 3. The van der Waals surface area contributed by atoms with Crippen molar-refractivity contribution in [3.05, 3.63) is 59.1 Å². The lowest BCUT2D eigenvalue weighted by atomic mass is 10.1. The Morgan fingerprint density at radius 2 is 1.59 bits per heavy atom. The zero-order chi connectivity index (χ0) is 19.4. The molecular weight excluding hydrogens is 364 g/mol. The summed E-state index contributed by atoms with van der Waals surface area (Å²) in [6.45, 7) is 1.89. The highest BCUT2D eigenvalue weighted by Gasteiger charge is 2.27. The van der Waals surface area contributed by atoms with E-state index in [1.165, 1.54) is 32.7 Å². The van der Waals surface area contributed by atoms with Gasteiger partial charge in [0.2, 0.25) is 0 Å². The number of aryl methyl sites for hydroxylation is 1. The molecule has 1 heterocycles. The minimum atomic E-state index is -0.270. The third-order valence-corrected chi connectivity index (χ3v) is 4.90. The van der Waals surface area contributed by atoms with Crippen molar-refractivity contribution in [3.8, 4) is 17.2 Å². The standard InChI is InChI=1S/C20H20N2O4S/c1-13-12-27-20(21-13)22(14-8-6-5-7-9-14)19(23)15-10-17(25-3)18(26-4)11-16(15)24-2/h5-12H,1-4H3. The maximum atomic E-state index is 13.5. The van der Waals surface area contributed by atoms with Crippen molar-refractivity contribution >= 4 is 28.1 Å². The first kappa shape index (κ1) is 18.7. The van der Waals surface area contributed by atoms with Crippen LogP contribution >= 0.6 is 11.3 Å². The number of hydrogen-bond acceptors (Lipinski definition) is 6. The Balaban J connectivity index is 2.15. The zero-order valence-corrected chi connectivity index (χ0v) is 16.4. The molecule has 6 nitrogen and oxygen atoms in total. The van der Waals surface area contributed by atoms with Crippen molar-refractivity contribution in [2.24, 2.45) is 0 Å². The Kier molecular flexibility index (Phi) is 5.61. The number of carbonyl (C=O) groups excluding carboxylic acids is 1. The lowest BCUT2D eigenvalue weighted by molar-refractivity contribution is 0.0996. The molecule has 0 atom stereocenters. The van der Waals surface area contributed by atoms with Gasteiger partial charge in [0.25, 0.3) is 5.91 Å². The molecule has 0 aliphatic heterocycles. The van der Waals surface area contributed by atoms with Crippen LogP contribution in [0.15, 0.2) is 47.8 Å². The molecular formula is C20H20N2O4S. The van der Waals surface area contributed by atoms with Gasteiger partial charge in [0.1, 0.15) is 5.75 Å². The van der Waals surface area contributed by atoms with Crippen LogP contribution < -0.4 is 19.1 Å². The van der Waals surface area contributed by atoms with E-state index in [9.17, 15) is 4.79 Å². The summed E-state index contributed by atoms with van der Waals surface area (Å²) in [4.78, 5) is 19.6. The van der Waals surface area contributed by atoms with Crippen molar-refractivity contribution in [2.75, 3.05) is 26.2 Å². The Morgan fingerprint density at radius 1 is 0.963 bits per heavy atom. The number of methoxy groups -OCH3 is 3. The van der Waals surface area contributed by atoms with Gasteiger partial charge in [-0.15, -0.1) is 11.3 Å². The molecule has 3 aromatic rings. The van der Waals surface area contributed by atoms with Crippen LogP contribution in [0.2, 0.25) is 0 Å². The first-order valence-electron chi connectivity index (χ1n) is 8.20. The van der Waals surface area contributed by atoms with Crippen LogP contribution in [0.3, 0.4) is 0 Å². The molecule has 0 saturated carbocycles. The Hall–Kier alpha value is -3.06. The Labute approximate surface area is 161 Å². The van der Waals surface area contributed by atoms with Crippen LogP contribution in [0, 0.1) is 6.92 Å². The van der Waals surface area contributed by atoms with E-state index in [0.717, 1.165) is 5.69 Å². The lowest BCUT2D eigenvalue weighted by Crippen LogP contribution is -2.26. The summed E-state index contributed by atoms with van der Waals surface area (Å²) in [6, 6.07) is 12.6. The topological polar surface area (TPSA) is 60.9 Å². The average molecular weight is 384 g/mol. The number of benzene rings is 2. The predicted octanol–water partition coefficient (Wildman–Crippen LogP) is 4.46. The highest BCUT2D eigenvalue weighted by molar-refractivity contribution is 7.14. The molecule has 0 fully saturated rings. The number of para-hydroxylation sites is 1. The second-order valence-corrected chi connectivity index (χ2v) is 6.49. The van der Waals surface area contributed by atoms with E-state index in [1.807, 2.05) is 42.6 Å². The zero-order valence-electron chi connectivity index (χ0n) is 15.6. The molecule has 0 unspecified atom stereocenters. The number of anilines is 2. The van der Waals surface area contributed by atoms with Gasteiger partial charge in [-0.2, -0.15) is 0 Å². The van der Waals surface area contributed by atoms with Crippen molar-refractivity contribution in [2.45, 2.75) is 6.92 Å². The maximum Gasteiger partial charge on any atom is 0.268 e. The fourth-order valence-corrected chi connectivity index (χ4v) is 3.47. The third-order valence-electron chi connectivity index (χ3n) is 3.95. The highest BCUT2D eigenvalue weighted by atomic mass is 32.1. The first-order valence-corrected chi connectivity index (χ1v) is 9.08. The second-order valence-electron chi connectivity index (χ2n) is 5.66. The van der Waals surface area contributed by atoms with Crippen molar-refractivity contribution < 1.29 is 19.0 Å². The normalized spacial score (nSPS) is 10.4. The SMILES string of the molecule is COc1cc(OC)c(C(=O)N(c2ccccc2)c2nc(C)cs2)cc1OC. The number of nitrogens with zero attached hydrogens (tertiary/aromatic N) is 2. The van der Waals surface area contributed by atoms with Crippen molar-refractivity contribution in [1.82, 2.24) is 4.98 Å². The van der Waals surface area contributed by atoms with E-state index in [1.54, 1.807) is 17.0 Å². The quantitative estimate of drug-likeness (QED) is 0.628. The number of rotatable bonds is 6. The van der Waals surface area contributed by atoms with E-state index < -0.39 is 0 Å². The summed E-state index contributed by atoms with van der Waals surface area (Å²) >= 11 is 1.40. The molecule has 7 heteroatoms. The minimum Gasteiger partial charge on any atom is -0.496 e. The number of carbonyl (C=O) groups is 1. The number of amides is 1. The van der Waals surface area contributed by atoms with Gasteiger partial charge in [0.05, 0.1) is 38.3 Å². The molecule has 0 aliphatic carbocycles. The van der Waals surface area contributed by atoms with Crippen LogP contribution in [-0.2, 0) is 0 Å². The molecule has 0 spiro atoms. The van der Waals surface area contributed by atoms with Gasteiger partial charge in [-0.1, -0.05) is 18.2 Å². The molecule has 140 valence electrons. The maximum absolute atomic E-state index is 13.5. The molecule has 0 radical (unpaired) electrons. The molecule has 2 aromatic carbocycles. The molecule has 0 saturated heterocycles. The van der Waals surface area contributed by atoms with Crippen molar-refractivity contribution in [1.29, 1.82) is 0 Å². The monoisotopic (exact) mass is 384 g/mol. The molecule has 1 amide bonds. The highest BCUT2D eigenvalue weighted by Crippen LogP contribution is 2.38. The Morgan fingerprint density at radius 3 is 2.15 bits per heavy atom. The van der Waals surface area contributed by atoms with Crippen LogP contribution in [0.25, 0.3) is 0 Å². The average Bonchev–Trinajstić information content (AvgIpc) is 3.13. The second kappa shape index (κ2) is 8.09. The fourth-order valence-electron chi connectivity index (χ4n) is 2.65. The molecule has 0 aliphatic rings. The van der Waals surface area contributed by atoms with Crippen LogP contribution in [-0.4, -0.2) is 32.2 Å². The first-order chi connectivity index (χ1) is 13.1. The summed E-state index contributed by atoms with van der Waals surface area (Å²) in [5, 5.41) is 2.49. The van der Waals surface area contributed by atoms with Gasteiger partial charge in [0.15, 0.2) is 16.6 Å². The van der Waals surface area contributed by atoms with E-state index in [-0.39, 0.29) is 5.91 Å². The molecule has 1 aromatic heterocycles. The summed E-state index contributed by atoms with van der Waals surface area (Å²) < 4.78 is 16.1. The van der Waals surface area contributed by atoms with E-state index in [0.29, 0.717) is 33.6 Å². The molecule has 0 N–H and O–H groups in total. The molecule has 3 rings (SSSR count). The minimum absolute atomic E-state index is 0.270. The van der Waals surface area contributed by atoms with E-state index in [4.69, 9.17) is 14.2 Å². The number of hydrogen-bond donors (Lipinski definition) is 0. The largest absolute Gasteiger partial charge is 0.496 e. The van der Waals surface area contributed by atoms with Crippen LogP contribution in [0.5, 0.6) is 17.2 Å². The fraction of sp³-hybridized carbons (Fsp3) is 0.200. The van der Waals surface area contributed by atoms with Gasteiger partial charge in [-0.05, 0) is 19.1 Å². The van der Waals surface area contributed by atoms with E-state index >= 15 is 0 Å². The van der Waals surface area contributed by atoms with Gasteiger partial charge in [-0.3, -0.25) is 9.69 Å². The van der Waals surface area contributed by atoms with Crippen LogP contribution in [0.1, 0.15) is 16.1 Å². The number of aromatic nitrogens is 1. The molecule has 0 bridgehead atoms. The van der Waals surface area contributed by atoms with Gasteiger partial charge < -0.3 is 14.2 Å². The summed E-state index contributed by atoms with van der Waals surface area (Å²) in [6.07, 6.45) is 0. The summed E-state index contributed by atoms with van der Waals surface area (Å²) in [7, 11) is 4.57. The summed E-state index contributed by atoms with van der Waals surface area (Å²) in [5.74, 6) is 1.06. The van der Waals surface area contributed by atoms with Crippen molar-refractivity contribution in [3.63, 3.8) is 0 Å². The van der Waals surface area contributed by atoms with Gasteiger partial charge in [0, 0.05) is 17.5 Å². The number of thiazole rings is 1. The lowest BCUT2D eigenvalue weighted by Gasteiger charge is -2.22. The molecule has 27 heavy (non-hydrogen) atoms. The van der Waals surface area contributed by atoms with E-state index in [2.05, 4.69) is 4.98 Å². The van der Waals surface area contributed by atoms with Crippen LogP contribution in [0.4, 0.5) is 10.8 Å². The third kappa shape index (κ3) is 3.73. The predicted molar refractivity (Wildman–Crippen MR) is 106 cm³/mol. The smallest absolute Gasteiger partial charge is 0.268 e. The Bertz CT molecular complexity index is 940. The van der Waals surface area contributed by atoms with Gasteiger partial charge in [-0.25, -0.2) is 4.98 Å². The summed E-state index contributed by atoms with van der Waals surface area (Å²) in [5.41, 5.74) is 1.92. The van der Waals surface area contributed by atoms with Gasteiger partial charge >= 0.3 is 0 Å².